The molecule has 0 aromatic rings. The van der Waals surface area contributed by atoms with Gasteiger partial charge < -0.3 is 10.5 Å². The highest BCUT2D eigenvalue weighted by molar-refractivity contribution is 5.85. The Hall–Kier alpha value is -0.610. The third-order valence-electron chi connectivity index (χ3n) is 3.54. The summed E-state index contributed by atoms with van der Waals surface area (Å²) in [5, 5.41) is 3.34. The van der Waals surface area contributed by atoms with Crippen LogP contribution in [-0.2, 0) is 9.53 Å². The summed E-state index contributed by atoms with van der Waals surface area (Å²) in [4.78, 5) is 11.5. The van der Waals surface area contributed by atoms with E-state index in [2.05, 4.69) is 5.32 Å². The molecule has 3 N–H and O–H groups in total. The summed E-state index contributed by atoms with van der Waals surface area (Å²) in [5.74, 6) is -0.344. The fraction of sp³-hybridized carbons (Fsp3) is 0.909. The zero-order valence-corrected chi connectivity index (χ0v) is 9.88. The molecular weight excluding hydrogens is 192 g/mol. The maximum Gasteiger partial charge on any atom is 0.240 e. The van der Waals surface area contributed by atoms with E-state index >= 15 is 0 Å². The van der Waals surface area contributed by atoms with Crippen LogP contribution >= 0.6 is 0 Å². The zero-order chi connectivity index (χ0) is 11.5. The van der Waals surface area contributed by atoms with Crippen molar-refractivity contribution in [3.05, 3.63) is 0 Å². The van der Waals surface area contributed by atoms with E-state index < -0.39 is 5.54 Å². The van der Waals surface area contributed by atoms with Gasteiger partial charge in [0.15, 0.2) is 0 Å². The molecule has 0 saturated heterocycles. The highest BCUT2D eigenvalue weighted by atomic mass is 16.5. The van der Waals surface area contributed by atoms with Crippen molar-refractivity contribution >= 4 is 5.91 Å². The van der Waals surface area contributed by atoms with Gasteiger partial charge in [0.05, 0.1) is 6.10 Å². The SMILES string of the molecule is COC(C)C(C)(NC1CCCC1)C(N)=O. The lowest BCUT2D eigenvalue weighted by molar-refractivity contribution is -0.129. The second-order valence-electron chi connectivity index (χ2n) is 4.57. The van der Waals surface area contributed by atoms with Crippen molar-refractivity contribution in [2.75, 3.05) is 7.11 Å². The zero-order valence-electron chi connectivity index (χ0n) is 9.88. The Morgan fingerprint density at radius 3 is 2.47 bits per heavy atom. The summed E-state index contributed by atoms with van der Waals surface area (Å²) in [6.07, 6.45) is 4.50. The monoisotopic (exact) mass is 214 g/mol. The van der Waals surface area contributed by atoms with Crippen molar-refractivity contribution in [1.29, 1.82) is 0 Å². The van der Waals surface area contributed by atoms with E-state index in [4.69, 9.17) is 10.5 Å². The molecule has 0 aromatic heterocycles. The summed E-state index contributed by atoms with van der Waals surface area (Å²) in [5.41, 5.74) is 4.68. The molecule has 4 heteroatoms. The van der Waals surface area contributed by atoms with Gasteiger partial charge in [-0.25, -0.2) is 0 Å². The van der Waals surface area contributed by atoms with Crippen LogP contribution in [0.15, 0.2) is 0 Å². The number of hydrogen-bond donors (Lipinski definition) is 2. The third-order valence-corrected chi connectivity index (χ3v) is 3.54. The maximum absolute atomic E-state index is 11.5. The van der Waals surface area contributed by atoms with Crippen LogP contribution in [0.25, 0.3) is 0 Å². The van der Waals surface area contributed by atoms with Crippen LogP contribution in [0.1, 0.15) is 39.5 Å². The van der Waals surface area contributed by atoms with Crippen molar-refractivity contribution in [2.24, 2.45) is 5.73 Å². The van der Waals surface area contributed by atoms with Crippen LogP contribution in [0.4, 0.5) is 0 Å². The normalized spacial score (nSPS) is 23.7. The largest absolute Gasteiger partial charge is 0.379 e. The summed E-state index contributed by atoms with van der Waals surface area (Å²) < 4.78 is 5.22. The molecule has 0 heterocycles. The number of ether oxygens (including phenoxy) is 1. The summed E-state index contributed by atoms with van der Waals surface area (Å²) in [6.45, 7) is 3.69. The molecule has 0 aliphatic heterocycles. The van der Waals surface area contributed by atoms with E-state index in [1.807, 2.05) is 13.8 Å². The molecule has 1 rings (SSSR count). The quantitative estimate of drug-likeness (QED) is 0.711. The fourth-order valence-corrected chi connectivity index (χ4v) is 2.12. The van der Waals surface area contributed by atoms with Crippen LogP contribution in [0.2, 0.25) is 0 Å². The minimum atomic E-state index is -0.760. The molecule has 0 spiro atoms. The van der Waals surface area contributed by atoms with Gasteiger partial charge in [0, 0.05) is 13.2 Å². The average Bonchev–Trinajstić information content (AvgIpc) is 2.68. The van der Waals surface area contributed by atoms with E-state index in [1.165, 1.54) is 12.8 Å². The molecule has 2 atom stereocenters. The predicted octanol–water partition coefficient (Wildman–Crippen LogP) is 0.797. The number of methoxy groups -OCH3 is 1. The van der Waals surface area contributed by atoms with E-state index in [9.17, 15) is 4.79 Å². The summed E-state index contributed by atoms with van der Waals surface area (Å²) in [7, 11) is 1.60. The summed E-state index contributed by atoms with van der Waals surface area (Å²) >= 11 is 0. The van der Waals surface area contributed by atoms with E-state index in [0.29, 0.717) is 6.04 Å². The second kappa shape index (κ2) is 4.94. The molecule has 88 valence electrons. The van der Waals surface area contributed by atoms with Crippen LogP contribution in [-0.4, -0.2) is 30.7 Å². The molecule has 1 amide bonds. The molecule has 15 heavy (non-hydrogen) atoms. The maximum atomic E-state index is 11.5. The number of carbonyl (C=O) groups is 1. The van der Waals surface area contributed by atoms with Crippen molar-refractivity contribution in [2.45, 2.75) is 57.2 Å². The van der Waals surface area contributed by atoms with Gasteiger partial charge in [0.2, 0.25) is 5.91 Å². The van der Waals surface area contributed by atoms with Gasteiger partial charge in [-0.1, -0.05) is 12.8 Å². The van der Waals surface area contributed by atoms with E-state index in [1.54, 1.807) is 7.11 Å². The highest BCUT2D eigenvalue weighted by Gasteiger charge is 2.39. The van der Waals surface area contributed by atoms with Gasteiger partial charge >= 0.3 is 0 Å². The van der Waals surface area contributed by atoms with Crippen LogP contribution in [0.3, 0.4) is 0 Å². The van der Waals surface area contributed by atoms with Crippen LogP contribution in [0, 0.1) is 0 Å². The number of nitrogens with two attached hydrogens (primary N) is 1. The lowest BCUT2D eigenvalue weighted by Gasteiger charge is -2.35. The molecule has 1 aliphatic carbocycles. The Labute approximate surface area is 91.5 Å². The Bertz CT molecular complexity index is 227. The van der Waals surface area contributed by atoms with Crippen molar-refractivity contribution in [3.63, 3.8) is 0 Å². The van der Waals surface area contributed by atoms with Crippen molar-refractivity contribution in [1.82, 2.24) is 5.32 Å². The van der Waals surface area contributed by atoms with Gasteiger partial charge in [-0.2, -0.15) is 0 Å². The number of hydrogen-bond acceptors (Lipinski definition) is 3. The van der Waals surface area contributed by atoms with Gasteiger partial charge in [-0.3, -0.25) is 10.1 Å². The summed E-state index contributed by atoms with van der Waals surface area (Å²) in [6, 6.07) is 0.403. The number of nitrogens with one attached hydrogen (secondary N) is 1. The van der Waals surface area contributed by atoms with E-state index in [0.717, 1.165) is 12.8 Å². The topological polar surface area (TPSA) is 64.3 Å². The molecular formula is C11H22N2O2. The Morgan fingerprint density at radius 1 is 1.53 bits per heavy atom. The fourth-order valence-electron chi connectivity index (χ4n) is 2.12. The number of amides is 1. The van der Waals surface area contributed by atoms with Gasteiger partial charge in [-0.05, 0) is 26.7 Å². The molecule has 1 saturated carbocycles. The smallest absolute Gasteiger partial charge is 0.240 e. The Balaban J connectivity index is 2.67. The first-order valence-electron chi connectivity index (χ1n) is 5.61. The molecule has 0 aromatic carbocycles. The van der Waals surface area contributed by atoms with Crippen molar-refractivity contribution < 1.29 is 9.53 Å². The highest BCUT2D eigenvalue weighted by Crippen LogP contribution is 2.22. The molecule has 1 fully saturated rings. The number of primary amides is 1. The molecule has 1 aliphatic rings. The van der Waals surface area contributed by atoms with Gasteiger partial charge in [-0.15, -0.1) is 0 Å². The molecule has 0 bridgehead atoms. The first kappa shape index (κ1) is 12.5. The predicted molar refractivity (Wildman–Crippen MR) is 59.5 cm³/mol. The van der Waals surface area contributed by atoms with Gasteiger partial charge in [0.25, 0.3) is 0 Å². The van der Waals surface area contributed by atoms with Crippen LogP contribution < -0.4 is 11.1 Å². The minimum absolute atomic E-state index is 0.212. The number of carbonyl (C=O) groups excluding carboxylic acids is 1. The third kappa shape index (κ3) is 2.69. The minimum Gasteiger partial charge on any atom is -0.379 e. The molecule has 0 radical (unpaired) electrons. The Morgan fingerprint density at radius 2 is 2.07 bits per heavy atom. The van der Waals surface area contributed by atoms with E-state index in [-0.39, 0.29) is 12.0 Å². The lowest BCUT2D eigenvalue weighted by atomic mass is 9.93. The molecule has 2 unspecified atom stereocenters. The lowest BCUT2D eigenvalue weighted by Crippen LogP contribution is -2.62. The van der Waals surface area contributed by atoms with Crippen LogP contribution in [0.5, 0.6) is 0 Å². The molecule has 4 nitrogen and oxygen atoms in total. The number of rotatable bonds is 5. The first-order chi connectivity index (χ1) is 7.00. The second-order valence-corrected chi connectivity index (χ2v) is 4.57. The standard InChI is InChI=1S/C11H22N2O2/c1-8(15-3)11(2,10(12)14)13-9-6-4-5-7-9/h8-9,13H,4-7H2,1-3H3,(H2,12,14). The van der Waals surface area contributed by atoms with Gasteiger partial charge in [0.1, 0.15) is 5.54 Å². The Kier molecular flexibility index (Phi) is 4.11. The van der Waals surface area contributed by atoms with Crippen molar-refractivity contribution in [3.8, 4) is 0 Å². The first-order valence-corrected chi connectivity index (χ1v) is 5.61. The average molecular weight is 214 g/mol.